The van der Waals surface area contributed by atoms with Crippen LogP contribution in [0.3, 0.4) is 0 Å². The zero-order chi connectivity index (χ0) is 23.0. The van der Waals surface area contributed by atoms with Gasteiger partial charge < -0.3 is 10.3 Å². The maximum absolute atomic E-state index is 13.1. The summed E-state index contributed by atoms with van der Waals surface area (Å²) < 4.78 is 1.72. The summed E-state index contributed by atoms with van der Waals surface area (Å²) in [5.74, 6) is 1.39. The van der Waals surface area contributed by atoms with Crippen molar-refractivity contribution in [3.8, 4) is 5.95 Å². The number of fused-ring (bicyclic) bond motifs is 1. The van der Waals surface area contributed by atoms with Crippen LogP contribution in [0, 0.1) is 33.6 Å². The molecule has 0 aliphatic rings. The van der Waals surface area contributed by atoms with Gasteiger partial charge in [0.15, 0.2) is 0 Å². The van der Waals surface area contributed by atoms with E-state index in [-0.39, 0.29) is 24.3 Å². The van der Waals surface area contributed by atoms with Gasteiger partial charge in [0.05, 0.1) is 29.2 Å². The van der Waals surface area contributed by atoms with E-state index < -0.39 is 0 Å². The molecule has 1 aromatic carbocycles. The molecule has 0 radical (unpaired) electrons. The normalized spacial score (nSPS) is 12.5. The third kappa shape index (κ3) is 4.26. The Morgan fingerprint density at radius 3 is 2.41 bits per heavy atom. The van der Waals surface area contributed by atoms with Gasteiger partial charge in [-0.25, -0.2) is 19.6 Å². The second kappa shape index (κ2) is 8.53. The molecule has 1 unspecified atom stereocenters. The number of carbonyl (C=O) groups excluding carboxylic acids is 1. The van der Waals surface area contributed by atoms with Crippen LogP contribution in [-0.4, -0.2) is 35.6 Å². The Morgan fingerprint density at radius 1 is 1.06 bits per heavy atom. The molecule has 0 bridgehead atoms. The molecule has 0 saturated heterocycles. The molecular formula is C24H29N7O. The minimum absolute atomic E-state index is 0.0729. The fourth-order valence-electron chi connectivity index (χ4n) is 3.98. The molecular weight excluding hydrogens is 402 g/mol. The Hall–Kier alpha value is -3.55. The first-order chi connectivity index (χ1) is 15.2. The number of nitrogens with one attached hydrogen (secondary N) is 2. The third-order valence-corrected chi connectivity index (χ3v) is 5.62. The fourth-order valence-corrected chi connectivity index (χ4v) is 3.98. The van der Waals surface area contributed by atoms with Crippen LogP contribution in [0.1, 0.15) is 54.1 Å². The maximum atomic E-state index is 13.1. The van der Waals surface area contributed by atoms with Gasteiger partial charge in [0.1, 0.15) is 5.82 Å². The quantitative estimate of drug-likeness (QED) is 0.483. The van der Waals surface area contributed by atoms with Gasteiger partial charge in [0.25, 0.3) is 5.95 Å². The average molecular weight is 432 g/mol. The summed E-state index contributed by atoms with van der Waals surface area (Å²) in [6.07, 6.45) is 0.228. The van der Waals surface area contributed by atoms with Gasteiger partial charge in [-0.2, -0.15) is 5.10 Å². The van der Waals surface area contributed by atoms with E-state index >= 15 is 0 Å². The van der Waals surface area contributed by atoms with Crippen molar-refractivity contribution in [2.24, 2.45) is 5.92 Å². The molecule has 4 aromatic rings. The number of carbonyl (C=O) groups is 1. The molecule has 1 amide bonds. The molecule has 3 heterocycles. The predicted molar refractivity (Wildman–Crippen MR) is 124 cm³/mol. The number of aromatic amines is 1. The van der Waals surface area contributed by atoms with Gasteiger partial charge in [-0.1, -0.05) is 26.0 Å². The van der Waals surface area contributed by atoms with E-state index in [4.69, 9.17) is 0 Å². The number of aromatic nitrogens is 6. The lowest BCUT2D eigenvalue weighted by atomic mass is 10.0. The van der Waals surface area contributed by atoms with E-state index in [0.717, 1.165) is 45.2 Å². The van der Waals surface area contributed by atoms with E-state index in [9.17, 15) is 4.79 Å². The minimum Gasteiger partial charge on any atom is -0.346 e. The molecule has 166 valence electrons. The van der Waals surface area contributed by atoms with Crippen molar-refractivity contribution in [2.75, 3.05) is 0 Å². The highest BCUT2D eigenvalue weighted by Gasteiger charge is 2.24. The van der Waals surface area contributed by atoms with Crippen LogP contribution in [0.2, 0.25) is 0 Å². The van der Waals surface area contributed by atoms with Crippen LogP contribution < -0.4 is 5.32 Å². The molecule has 0 aliphatic heterocycles. The van der Waals surface area contributed by atoms with Gasteiger partial charge in [-0.15, -0.1) is 0 Å². The van der Waals surface area contributed by atoms with Crippen LogP contribution in [0.4, 0.5) is 0 Å². The van der Waals surface area contributed by atoms with Gasteiger partial charge in [-0.3, -0.25) is 4.79 Å². The number of nitrogens with zero attached hydrogens (tertiary/aromatic N) is 5. The second-order valence-corrected chi connectivity index (χ2v) is 8.62. The first-order valence-electron chi connectivity index (χ1n) is 10.8. The number of aryl methyl sites for hydroxylation is 3. The molecule has 0 fully saturated rings. The first kappa shape index (κ1) is 21.7. The highest BCUT2D eigenvalue weighted by atomic mass is 16.1. The van der Waals surface area contributed by atoms with Crippen molar-refractivity contribution in [3.63, 3.8) is 0 Å². The predicted octanol–water partition coefficient (Wildman–Crippen LogP) is 3.83. The van der Waals surface area contributed by atoms with Crippen LogP contribution in [0.25, 0.3) is 17.0 Å². The molecule has 8 heteroatoms. The number of imidazole rings is 1. The van der Waals surface area contributed by atoms with Crippen LogP contribution >= 0.6 is 0 Å². The van der Waals surface area contributed by atoms with E-state index in [1.165, 1.54) is 0 Å². The summed E-state index contributed by atoms with van der Waals surface area (Å²) in [4.78, 5) is 30.1. The lowest BCUT2D eigenvalue weighted by Gasteiger charge is -2.20. The van der Waals surface area contributed by atoms with Crippen molar-refractivity contribution in [1.82, 2.24) is 35.0 Å². The number of benzene rings is 1. The Morgan fingerprint density at radius 2 is 1.75 bits per heavy atom. The summed E-state index contributed by atoms with van der Waals surface area (Å²) in [7, 11) is 0. The minimum atomic E-state index is -0.215. The SMILES string of the molecule is Cc1cc(C)nc(-n2nc(C)c(CC(=O)NC(c3nc4ccccc4[nH]3)C(C)C)c2C)n1. The Balaban J connectivity index is 1.57. The number of hydrogen-bond acceptors (Lipinski definition) is 5. The van der Waals surface area contributed by atoms with Crippen molar-refractivity contribution < 1.29 is 4.79 Å². The molecule has 32 heavy (non-hydrogen) atoms. The molecule has 1 atom stereocenters. The summed E-state index contributed by atoms with van der Waals surface area (Å²) >= 11 is 0. The monoisotopic (exact) mass is 431 g/mol. The van der Waals surface area contributed by atoms with Crippen LogP contribution in [0.5, 0.6) is 0 Å². The zero-order valence-electron chi connectivity index (χ0n) is 19.4. The molecule has 0 saturated carbocycles. The van der Waals surface area contributed by atoms with Gasteiger partial charge in [0, 0.05) is 22.6 Å². The van der Waals surface area contributed by atoms with Crippen LogP contribution in [-0.2, 0) is 11.2 Å². The lowest BCUT2D eigenvalue weighted by molar-refractivity contribution is -0.121. The molecule has 2 N–H and O–H groups in total. The maximum Gasteiger partial charge on any atom is 0.251 e. The Labute approximate surface area is 187 Å². The molecule has 0 aliphatic carbocycles. The third-order valence-electron chi connectivity index (χ3n) is 5.62. The van der Waals surface area contributed by atoms with Crippen molar-refractivity contribution in [2.45, 2.75) is 54.0 Å². The summed E-state index contributed by atoms with van der Waals surface area (Å²) in [5, 5.41) is 7.77. The zero-order valence-corrected chi connectivity index (χ0v) is 19.4. The van der Waals surface area contributed by atoms with Gasteiger partial charge >= 0.3 is 0 Å². The highest BCUT2D eigenvalue weighted by molar-refractivity contribution is 5.80. The number of rotatable bonds is 6. The highest BCUT2D eigenvalue weighted by Crippen LogP contribution is 2.23. The van der Waals surface area contributed by atoms with Crippen LogP contribution in [0.15, 0.2) is 30.3 Å². The van der Waals surface area contributed by atoms with E-state index in [1.54, 1.807) is 4.68 Å². The van der Waals surface area contributed by atoms with Crippen molar-refractivity contribution in [1.29, 1.82) is 0 Å². The Kier molecular flexibility index (Phi) is 5.78. The molecule has 3 aromatic heterocycles. The molecule has 8 nitrogen and oxygen atoms in total. The van der Waals surface area contributed by atoms with E-state index in [0.29, 0.717) is 5.95 Å². The fraction of sp³-hybridized carbons (Fsp3) is 0.375. The lowest BCUT2D eigenvalue weighted by Crippen LogP contribution is -2.33. The smallest absolute Gasteiger partial charge is 0.251 e. The number of para-hydroxylation sites is 2. The topological polar surface area (TPSA) is 101 Å². The molecule has 4 rings (SSSR count). The summed E-state index contributed by atoms with van der Waals surface area (Å²) in [6.45, 7) is 11.9. The largest absolute Gasteiger partial charge is 0.346 e. The first-order valence-corrected chi connectivity index (χ1v) is 10.8. The number of H-pyrrole nitrogens is 1. The van der Waals surface area contributed by atoms with E-state index in [2.05, 4.69) is 44.2 Å². The number of amides is 1. The second-order valence-electron chi connectivity index (χ2n) is 8.62. The Bertz CT molecular complexity index is 1230. The molecule has 0 spiro atoms. The van der Waals surface area contributed by atoms with Gasteiger partial charge in [0.2, 0.25) is 5.91 Å². The summed E-state index contributed by atoms with van der Waals surface area (Å²) in [5.41, 5.74) is 6.16. The number of hydrogen-bond donors (Lipinski definition) is 2. The van der Waals surface area contributed by atoms with Crippen molar-refractivity contribution >= 4 is 16.9 Å². The summed E-state index contributed by atoms with van der Waals surface area (Å²) in [6, 6.07) is 9.59. The standard InChI is InChI=1S/C24H29N7O/c1-13(2)22(23-27-19-9-7-8-10-20(19)28-23)29-21(32)12-18-16(5)30-31(17(18)6)24-25-14(3)11-15(4)26-24/h7-11,13,22H,12H2,1-6H3,(H,27,28)(H,29,32). The van der Waals surface area contributed by atoms with E-state index in [1.807, 2.05) is 58.0 Å². The average Bonchev–Trinajstić information content (AvgIpc) is 3.27. The van der Waals surface area contributed by atoms with Gasteiger partial charge in [-0.05, 0) is 51.8 Å². The van der Waals surface area contributed by atoms with Crippen molar-refractivity contribution in [3.05, 3.63) is 64.5 Å².